The maximum atomic E-state index is 14.0. The largest absolute Gasteiger partial charge is 0.436 e. The molecule has 0 unspecified atom stereocenters. The zero-order valence-electron chi connectivity index (χ0n) is 26.5. The van der Waals surface area contributed by atoms with Crippen molar-refractivity contribution in [1.82, 2.24) is 29.0 Å². The molecule has 6 rings (SSSR count). The van der Waals surface area contributed by atoms with Crippen LogP contribution in [0.3, 0.4) is 0 Å². The highest BCUT2D eigenvalue weighted by Crippen LogP contribution is 2.37. The molecule has 3 atom stereocenters. The first kappa shape index (κ1) is 33.5. The summed E-state index contributed by atoms with van der Waals surface area (Å²) in [6, 6.07) is 7.28. The summed E-state index contributed by atoms with van der Waals surface area (Å²) in [7, 11) is 0. The van der Waals surface area contributed by atoms with Gasteiger partial charge in [0.25, 0.3) is 0 Å². The van der Waals surface area contributed by atoms with E-state index < -0.39 is 45.4 Å². The van der Waals surface area contributed by atoms with Crippen LogP contribution in [0.5, 0.6) is 0 Å². The number of carbonyl (C=O) groups excluding carboxylic acids is 3. The Hall–Kier alpha value is -4.41. The van der Waals surface area contributed by atoms with Crippen molar-refractivity contribution in [2.45, 2.75) is 63.9 Å². The Morgan fingerprint density at radius 1 is 1.02 bits per heavy atom. The predicted molar refractivity (Wildman–Crippen MR) is 178 cm³/mol. The lowest BCUT2D eigenvalue weighted by Gasteiger charge is -2.28. The van der Waals surface area contributed by atoms with E-state index >= 15 is 0 Å². The van der Waals surface area contributed by atoms with Crippen molar-refractivity contribution in [3.05, 3.63) is 76.8 Å². The van der Waals surface area contributed by atoms with Crippen molar-refractivity contribution in [1.29, 1.82) is 0 Å². The fraction of sp³-hybridized carbons (Fsp3) is 0.333. The van der Waals surface area contributed by atoms with Crippen LogP contribution in [-0.4, -0.2) is 56.7 Å². The molecule has 1 fully saturated rings. The van der Waals surface area contributed by atoms with Crippen molar-refractivity contribution >= 4 is 62.6 Å². The maximum absolute atomic E-state index is 14.0. The van der Waals surface area contributed by atoms with Crippen LogP contribution in [0.2, 0.25) is 0 Å². The molecule has 0 spiro atoms. The second kappa shape index (κ2) is 12.2. The number of nitrogens with one attached hydrogen (secondary N) is 1. The zero-order chi connectivity index (χ0) is 34.8. The summed E-state index contributed by atoms with van der Waals surface area (Å²) in [5.74, 6) is -2.80. The van der Waals surface area contributed by atoms with Gasteiger partial charge in [-0.1, -0.05) is 29.5 Å². The molecule has 1 aliphatic heterocycles. The van der Waals surface area contributed by atoms with Crippen molar-refractivity contribution in [3.63, 3.8) is 0 Å². The lowest BCUT2D eigenvalue weighted by atomic mass is 9.99. The SMILES string of the molecule is CC(=O)c1cn(CC(=O)N2[C@H](I)[C@@H](C)C[C@H]2C(=O)Nc2nc(C(F)(F)F)c(F)cc2C)c2c(C)cc(-c3ccc4nc(C)nn4c3)cc12. The van der Waals surface area contributed by atoms with Crippen LogP contribution in [0.15, 0.2) is 42.7 Å². The molecule has 15 heteroatoms. The van der Waals surface area contributed by atoms with Gasteiger partial charge >= 0.3 is 6.18 Å². The van der Waals surface area contributed by atoms with E-state index in [2.05, 4.69) is 43.0 Å². The minimum Gasteiger partial charge on any atom is -0.337 e. The highest BCUT2D eigenvalue weighted by atomic mass is 127. The Bertz CT molecular complexity index is 2140. The highest BCUT2D eigenvalue weighted by Gasteiger charge is 2.44. The van der Waals surface area contributed by atoms with Gasteiger partial charge in [-0.3, -0.25) is 14.4 Å². The van der Waals surface area contributed by atoms with E-state index in [9.17, 15) is 31.9 Å². The van der Waals surface area contributed by atoms with Crippen LogP contribution in [-0.2, 0) is 22.3 Å². The van der Waals surface area contributed by atoms with E-state index in [1.807, 2.05) is 44.3 Å². The molecule has 0 saturated carbocycles. The van der Waals surface area contributed by atoms with Crippen LogP contribution in [0.4, 0.5) is 23.4 Å². The normalized spacial score (nSPS) is 18.2. The Morgan fingerprint density at radius 3 is 2.44 bits per heavy atom. The number of amides is 2. The van der Waals surface area contributed by atoms with Gasteiger partial charge in [-0.15, -0.1) is 0 Å². The number of aromatic nitrogens is 5. The summed E-state index contributed by atoms with van der Waals surface area (Å²) in [6.07, 6.45) is -1.32. The lowest BCUT2D eigenvalue weighted by molar-refractivity contribution is -0.143. The molecule has 10 nitrogen and oxygen atoms in total. The summed E-state index contributed by atoms with van der Waals surface area (Å²) in [5, 5.41) is 7.45. The maximum Gasteiger partial charge on any atom is 0.436 e. The van der Waals surface area contributed by atoms with Gasteiger partial charge in [0, 0.05) is 28.9 Å². The first-order valence-corrected chi connectivity index (χ1v) is 16.3. The van der Waals surface area contributed by atoms with E-state index in [1.165, 1.54) is 18.7 Å². The first-order chi connectivity index (χ1) is 22.5. The van der Waals surface area contributed by atoms with E-state index in [1.54, 1.807) is 22.2 Å². The number of alkyl halides is 4. The molecule has 4 aromatic heterocycles. The number of pyridine rings is 2. The monoisotopic (exact) mass is 775 g/mol. The predicted octanol–water partition coefficient (Wildman–Crippen LogP) is 6.67. The first-order valence-electron chi connectivity index (χ1n) is 15.0. The van der Waals surface area contributed by atoms with E-state index in [-0.39, 0.29) is 30.2 Å². The molecule has 0 aliphatic carbocycles. The molecule has 1 saturated heterocycles. The summed E-state index contributed by atoms with van der Waals surface area (Å²) in [4.78, 5) is 49.4. The van der Waals surface area contributed by atoms with Crippen molar-refractivity contribution < 1.29 is 31.9 Å². The summed E-state index contributed by atoms with van der Waals surface area (Å²) in [5.41, 5.74) is 2.59. The number of ketones is 1. The number of benzene rings is 1. The third-order valence-corrected chi connectivity index (χ3v) is 10.4. The van der Waals surface area contributed by atoms with Crippen LogP contribution in [0.1, 0.15) is 53.3 Å². The van der Waals surface area contributed by atoms with Crippen molar-refractivity contribution in [3.8, 4) is 11.1 Å². The molecule has 2 amide bonds. The second-order valence-electron chi connectivity index (χ2n) is 12.2. The number of likely N-dealkylation sites (tertiary alicyclic amines) is 1. The van der Waals surface area contributed by atoms with Crippen LogP contribution < -0.4 is 5.32 Å². The summed E-state index contributed by atoms with van der Waals surface area (Å²) in [6.45, 7) is 8.15. The molecule has 1 aromatic carbocycles. The van der Waals surface area contributed by atoms with Gasteiger partial charge in [0.2, 0.25) is 11.8 Å². The van der Waals surface area contributed by atoms with Gasteiger partial charge in [-0.05, 0) is 87.1 Å². The van der Waals surface area contributed by atoms with Gasteiger partial charge in [-0.2, -0.15) is 18.3 Å². The fourth-order valence-corrected chi connectivity index (χ4v) is 7.29. The van der Waals surface area contributed by atoms with E-state index in [4.69, 9.17) is 0 Å². The number of rotatable bonds is 6. The molecule has 1 N–H and O–H groups in total. The fourth-order valence-electron chi connectivity index (χ4n) is 6.29. The molecule has 250 valence electrons. The average molecular weight is 776 g/mol. The molecule has 5 aromatic rings. The van der Waals surface area contributed by atoms with Gasteiger partial charge in [0.15, 0.2) is 22.9 Å². The van der Waals surface area contributed by atoms with Crippen LogP contribution in [0.25, 0.3) is 27.7 Å². The smallest absolute Gasteiger partial charge is 0.337 e. The number of nitrogens with zero attached hydrogens (tertiary/aromatic N) is 6. The van der Waals surface area contributed by atoms with Gasteiger partial charge in [-0.25, -0.2) is 18.9 Å². The van der Waals surface area contributed by atoms with Gasteiger partial charge in [0.05, 0.1) is 9.57 Å². The Morgan fingerprint density at radius 2 is 1.75 bits per heavy atom. The number of hydrogen-bond acceptors (Lipinski definition) is 6. The Kier molecular flexibility index (Phi) is 8.54. The number of hydrogen-bond donors (Lipinski definition) is 1. The van der Waals surface area contributed by atoms with E-state index in [0.717, 1.165) is 16.7 Å². The standard InChI is InChI=1S/C33H30F4IN7O3/c1-15-8-21(20-6-7-26-39-19(5)42-44(26)12-20)11-22-23(18(4)46)13-43(28(15)22)14-27(47)45-25(10-16(2)30(45)38)32(48)41-31-17(3)9-24(34)29(40-31)33(35,36)37/h6-9,11-13,16,25,30H,10,14H2,1-5H3,(H,40,41,48)/t16-,25-,30-/m0/s1. The molecule has 1 aliphatic rings. The second-order valence-corrected chi connectivity index (χ2v) is 13.4. The minimum atomic E-state index is -5.06. The summed E-state index contributed by atoms with van der Waals surface area (Å²) < 4.78 is 57.0. The number of carbonyl (C=O) groups is 3. The molecule has 5 heterocycles. The quantitative estimate of drug-likeness (QED) is 0.0678. The van der Waals surface area contributed by atoms with Gasteiger partial charge in [0.1, 0.15) is 24.2 Å². The lowest BCUT2D eigenvalue weighted by Crippen LogP contribution is -2.46. The van der Waals surface area contributed by atoms with Gasteiger partial charge < -0.3 is 14.8 Å². The Balaban J connectivity index is 1.32. The average Bonchev–Trinajstić information content (AvgIpc) is 3.65. The molecule has 0 bridgehead atoms. The zero-order valence-corrected chi connectivity index (χ0v) is 28.6. The molecular weight excluding hydrogens is 745 g/mol. The third-order valence-electron chi connectivity index (χ3n) is 8.55. The van der Waals surface area contributed by atoms with Crippen LogP contribution in [0, 0.1) is 32.5 Å². The number of aryl methyl sites for hydroxylation is 3. The Labute approximate surface area is 285 Å². The number of anilines is 1. The van der Waals surface area contributed by atoms with Crippen LogP contribution >= 0.6 is 22.6 Å². The van der Waals surface area contributed by atoms with E-state index in [0.29, 0.717) is 34.0 Å². The third kappa shape index (κ3) is 6.03. The number of halogens is 5. The molecule has 0 radical (unpaired) electrons. The molecular formula is C33H30F4IN7O3. The topological polar surface area (TPSA) is 114 Å². The molecule has 48 heavy (non-hydrogen) atoms. The highest BCUT2D eigenvalue weighted by molar-refractivity contribution is 14.1. The summed E-state index contributed by atoms with van der Waals surface area (Å²) >= 11 is 2.08. The van der Waals surface area contributed by atoms with Crippen molar-refractivity contribution in [2.24, 2.45) is 5.92 Å². The number of fused-ring (bicyclic) bond motifs is 2. The number of Topliss-reactive ketones (excluding diaryl/α,β-unsaturated/α-hetero) is 1. The minimum absolute atomic E-state index is 0.00513. The van der Waals surface area contributed by atoms with Crippen molar-refractivity contribution in [2.75, 3.05) is 5.32 Å².